The maximum absolute atomic E-state index is 12.5. The van der Waals surface area contributed by atoms with Crippen molar-refractivity contribution in [3.8, 4) is 5.75 Å². The van der Waals surface area contributed by atoms with E-state index in [-0.39, 0.29) is 30.2 Å². The lowest BCUT2D eigenvalue weighted by Crippen LogP contribution is -2.15. The smallest absolute Gasteiger partial charge is 0.308 e. The molecule has 0 aliphatic heterocycles. The summed E-state index contributed by atoms with van der Waals surface area (Å²) in [5, 5.41) is 0.545. The van der Waals surface area contributed by atoms with E-state index in [1.165, 1.54) is 26.5 Å². The average Bonchev–Trinajstić information content (AvgIpc) is 3.10. The minimum absolute atomic E-state index is 0.0746. The van der Waals surface area contributed by atoms with Gasteiger partial charge in [0.2, 0.25) is 0 Å². The van der Waals surface area contributed by atoms with Gasteiger partial charge in [-0.2, -0.15) is 0 Å². The monoisotopic (exact) mass is 640 g/mol. The van der Waals surface area contributed by atoms with Gasteiger partial charge in [0, 0.05) is 24.7 Å². The first-order chi connectivity index (χ1) is 23.0. The highest BCUT2D eigenvalue weighted by atomic mass is 16.5. The van der Waals surface area contributed by atoms with Crippen LogP contribution in [0.2, 0.25) is 0 Å². The van der Waals surface area contributed by atoms with E-state index in [1.54, 1.807) is 6.07 Å². The predicted molar refractivity (Wildman–Crippen MR) is 182 cm³/mol. The number of unbranched alkanes of at least 4 members (excludes halogenated alkanes) is 3. The van der Waals surface area contributed by atoms with E-state index in [1.807, 2.05) is 54.6 Å². The van der Waals surface area contributed by atoms with E-state index in [0.717, 1.165) is 60.1 Å². The zero-order valence-corrected chi connectivity index (χ0v) is 27.3. The third-order valence-electron chi connectivity index (χ3n) is 7.97. The molecule has 47 heavy (non-hydrogen) atoms. The molecule has 0 fully saturated rings. The summed E-state index contributed by atoms with van der Waals surface area (Å²) in [4.78, 5) is 36.1. The number of carbonyl (C=O) groups excluding carboxylic acids is 2. The molecule has 0 saturated carbocycles. The highest BCUT2D eigenvalue weighted by Gasteiger charge is 2.20. The second kappa shape index (κ2) is 19.1. The Morgan fingerprint density at radius 1 is 0.809 bits per heavy atom. The van der Waals surface area contributed by atoms with Gasteiger partial charge >= 0.3 is 11.9 Å². The van der Waals surface area contributed by atoms with Gasteiger partial charge < -0.3 is 23.4 Å². The van der Waals surface area contributed by atoms with Crippen molar-refractivity contribution < 1.29 is 33.0 Å². The standard InChI is InChI=1S/C39H44O8/c1-43-37(41)21-13-26-46-36(28-38(42)44-2)31-19-10-9-18-30(31)17-8-3-4-11-25-45-35-23-22-32-34(40)24-27-47-39(32)33(35)20-12-16-29-14-6-5-7-15-29/h5-7,9-10,12,14-16,18-19,22-24,27,36H,3-4,8,11,13,17,20-21,25-26,28H2,1-2H3. The molecule has 248 valence electrons. The third-order valence-corrected chi connectivity index (χ3v) is 7.97. The Hall–Kier alpha value is -4.69. The number of ether oxygens (including phenoxy) is 4. The summed E-state index contributed by atoms with van der Waals surface area (Å²) >= 11 is 0. The summed E-state index contributed by atoms with van der Waals surface area (Å²) in [7, 11) is 2.73. The molecule has 1 unspecified atom stereocenters. The van der Waals surface area contributed by atoms with Crippen molar-refractivity contribution in [2.24, 2.45) is 0 Å². The lowest BCUT2D eigenvalue weighted by atomic mass is 9.95. The van der Waals surface area contributed by atoms with Crippen molar-refractivity contribution in [2.45, 2.75) is 63.9 Å². The van der Waals surface area contributed by atoms with Crippen molar-refractivity contribution in [1.29, 1.82) is 0 Å². The van der Waals surface area contributed by atoms with Gasteiger partial charge in [-0.15, -0.1) is 0 Å². The van der Waals surface area contributed by atoms with Crippen LogP contribution in [-0.2, 0) is 36.6 Å². The summed E-state index contributed by atoms with van der Waals surface area (Å²) in [6.07, 6.45) is 11.2. The first-order valence-corrected chi connectivity index (χ1v) is 16.2. The molecular formula is C39H44O8. The molecule has 3 aromatic carbocycles. The van der Waals surface area contributed by atoms with E-state index < -0.39 is 6.10 Å². The van der Waals surface area contributed by atoms with Crippen LogP contribution in [-0.4, -0.2) is 39.4 Å². The SMILES string of the molecule is COC(=O)CCCOC(CC(=O)OC)c1ccccc1CCCCCCOc1ccc2c(=O)ccoc2c1CC=Cc1ccccc1. The number of esters is 2. The largest absolute Gasteiger partial charge is 0.493 e. The normalized spacial score (nSPS) is 11.9. The Morgan fingerprint density at radius 2 is 1.57 bits per heavy atom. The molecule has 1 heterocycles. The number of hydrogen-bond acceptors (Lipinski definition) is 8. The second-order valence-corrected chi connectivity index (χ2v) is 11.3. The van der Waals surface area contributed by atoms with E-state index in [4.69, 9.17) is 23.4 Å². The van der Waals surface area contributed by atoms with Crippen LogP contribution in [0.1, 0.15) is 73.3 Å². The second-order valence-electron chi connectivity index (χ2n) is 11.3. The Morgan fingerprint density at radius 3 is 2.38 bits per heavy atom. The van der Waals surface area contributed by atoms with Gasteiger partial charge in [0.25, 0.3) is 0 Å². The number of aryl methyl sites for hydroxylation is 1. The van der Waals surface area contributed by atoms with Crippen LogP contribution in [0, 0.1) is 0 Å². The molecule has 0 bridgehead atoms. The highest BCUT2D eigenvalue weighted by Crippen LogP contribution is 2.29. The van der Waals surface area contributed by atoms with Crippen LogP contribution >= 0.6 is 0 Å². The van der Waals surface area contributed by atoms with Crippen LogP contribution < -0.4 is 10.2 Å². The van der Waals surface area contributed by atoms with Gasteiger partial charge in [0.1, 0.15) is 11.3 Å². The van der Waals surface area contributed by atoms with Crippen molar-refractivity contribution >= 4 is 29.0 Å². The fourth-order valence-electron chi connectivity index (χ4n) is 5.46. The van der Waals surface area contributed by atoms with Crippen LogP contribution in [0.15, 0.2) is 94.3 Å². The summed E-state index contributed by atoms with van der Waals surface area (Å²) in [6.45, 7) is 0.884. The van der Waals surface area contributed by atoms with E-state index in [9.17, 15) is 14.4 Å². The lowest BCUT2D eigenvalue weighted by molar-refractivity contribution is -0.145. The Balaban J connectivity index is 1.30. The van der Waals surface area contributed by atoms with Crippen molar-refractivity contribution in [2.75, 3.05) is 27.4 Å². The summed E-state index contributed by atoms with van der Waals surface area (Å²) in [5.41, 5.74) is 4.55. The number of hydrogen-bond donors (Lipinski definition) is 0. The lowest BCUT2D eigenvalue weighted by Gasteiger charge is -2.20. The third kappa shape index (κ3) is 11.0. The maximum Gasteiger partial charge on any atom is 0.308 e. The molecule has 4 rings (SSSR count). The van der Waals surface area contributed by atoms with Gasteiger partial charge in [-0.3, -0.25) is 14.4 Å². The molecule has 8 heteroatoms. The molecule has 1 aromatic heterocycles. The minimum Gasteiger partial charge on any atom is -0.493 e. The summed E-state index contributed by atoms with van der Waals surface area (Å²) in [6, 6.07) is 23.2. The molecule has 8 nitrogen and oxygen atoms in total. The number of allylic oxidation sites excluding steroid dienone is 1. The predicted octanol–water partition coefficient (Wildman–Crippen LogP) is 7.80. The van der Waals surface area contributed by atoms with E-state index in [0.29, 0.717) is 37.0 Å². The van der Waals surface area contributed by atoms with Crippen molar-refractivity contribution in [3.05, 3.63) is 118 Å². The molecule has 0 spiro atoms. The molecule has 1 atom stereocenters. The van der Waals surface area contributed by atoms with Crippen LogP contribution in [0.3, 0.4) is 0 Å². The van der Waals surface area contributed by atoms with Crippen LogP contribution in [0.25, 0.3) is 17.0 Å². The molecule has 4 aromatic rings. The van der Waals surface area contributed by atoms with E-state index in [2.05, 4.69) is 18.2 Å². The molecule has 0 saturated heterocycles. The minimum atomic E-state index is -0.451. The molecular weight excluding hydrogens is 596 g/mol. The Kier molecular flexibility index (Phi) is 14.3. The summed E-state index contributed by atoms with van der Waals surface area (Å²) in [5.74, 6) is 0.0920. The number of carbonyl (C=O) groups is 2. The first-order valence-electron chi connectivity index (χ1n) is 16.2. The quantitative estimate of drug-likeness (QED) is 0.0756. The van der Waals surface area contributed by atoms with Crippen LogP contribution in [0.5, 0.6) is 5.75 Å². The number of fused-ring (bicyclic) bond motifs is 1. The van der Waals surface area contributed by atoms with Crippen molar-refractivity contribution in [3.63, 3.8) is 0 Å². The van der Waals surface area contributed by atoms with Gasteiger partial charge in [0.05, 0.1) is 45.0 Å². The fourth-order valence-corrected chi connectivity index (χ4v) is 5.46. The zero-order chi connectivity index (χ0) is 33.3. The molecule has 0 radical (unpaired) electrons. The van der Waals surface area contributed by atoms with E-state index >= 15 is 0 Å². The van der Waals surface area contributed by atoms with Gasteiger partial charge in [0.15, 0.2) is 5.43 Å². The molecule has 0 aliphatic carbocycles. The highest BCUT2D eigenvalue weighted by molar-refractivity contribution is 5.82. The van der Waals surface area contributed by atoms with Crippen molar-refractivity contribution in [1.82, 2.24) is 0 Å². The zero-order valence-electron chi connectivity index (χ0n) is 27.3. The first kappa shape index (κ1) is 35.2. The van der Waals surface area contributed by atoms with Gasteiger partial charge in [-0.1, -0.05) is 79.6 Å². The topological polar surface area (TPSA) is 101 Å². The molecule has 0 aliphatic rings. The van der Waals surface area contributed by atoms with Gasteiger partial charge in [-0.05, 0) is 60.9 Å². The number of rotatable bonds is 19. The van der Waals surface area contributed by atoms with Gasteiger partial charge in [-0.25, -0.2) is 0 Å². The molecule has 0 amide bonds. The maximum atomic E-state index is 12.5. The summed E-state index contributed by atoms with van der Waals surface area (Å²) < 4.78 is 27.7. The Bertz CT molecular complexity index is 1660. The average molecular weight is 641 g/mol. The molecule has 0 N–H and O–H groups in total. The number of methoxy groups -OCH3 is 2. The number of benzene rings is 3. The fraction of sp³-hybridized carbons (Fsp3) is 0.359. The van der Waals surface area contributed by atoms with Crippen LogP contribution in [0.4, 0.5) is 0 Å². The Labute approximate surface area is 276 Å².